The maximum Gasteiger partial charge on any atom is 0.305 e. The van der Waals surface area contributed by atoms with Crippen molar-refractivity contribution >= 4 is 5.97 Å². The number of carboxylic acids is 1. The fourth-order valence-corrected chi connectivity index (χ4v) is 4.22. The molecule has 98 valence electrons. The minimum atomic E-state index is -0.627. The zero-order chi connectivity index (χ0) is 12.5. The maximum atomic E-state index is 11.2. The van der Waals surface area contributed by atoms with E-state index in [2.05, 4.69) is 18.7 Å². The van der Waals surface area contributed by atoms with E-state index in [0.717, 1.165) is 25.9 Å². The van der Waals surface area contributed by atoms with Crippen molar-refractivity contribution in [1.82, 2.24) is 4.90 Å². The predicted octanol–water partition coefficient (Wildman–Crippen LogP) is 2.75. The highest BCUT2D eigenvalue weighted by molar-refractivity contribution is 5.68. The van der Waals surface area contributed by atoms with Gasteiger partial charge in [-0.15, -0.1) is 0 Å². The summed E-state index contributed by atoms with van der Waals surface area (Å²) in [6.45, 7) is 6.77. The summed E-state index contributed by atoms with van der Waals surface area (Å²) in [7, 11) is 0. The van der Waals surface area contributed by atoms with Crippen molar-refractivity contribution in [3.63, 3.8) is 0 Å². The first-order valence-electron chi connectivity index (χ1n) is 6.99. The molecule has 0 aromatic carbocycles. The quantitative estimate of drug-likeness (QED) is 0.823. The maximum absolute atomic E-state index is 11.2. The van der Waals surface area contributed by atoms with Crippen LogP contribution in [-0.4, -0.2) is 34.6 Å². The van der Waals surface area contributed by atoms with Crippen molar-refractivity contribution in [2.75, 3.05) is 13.1 Å². The summed E-state index contributed by atoms with van der Waals surface area (Å²) in [5, 5.41) is 9.24. The van der Waals surface area contributed by atoms with E-state index in [4.69, 9.17) is 0 Å². The van der Waals surface area contributed by atoms with Gasteiger partial charge >= 0.3 is 5.97 Å². The first kappa shape index (κ1) is 12.9. The van der Waals surface area contributed by atoms with Crippen LogP contribution < -0.4 is 0 Å². The van der Waals surface area contributed by atoms with E-state index in [1.165, 1.54) is 19.3 Å². The highest BCUT2D eigenvalue weighted by atomic mass is 16.4. The second kappa shape index (κ2) is 4.97. The second-order valence-corrected chi connectivity index (χ2v) is 6.34. The summed E-state index contributed by atoms with van der Waals surface area (Å²) in [5.74, 6) is 0.704. The van der Waals surface area contributed by atoms with E-state index in [0.29, 0.717) is 18.3 Å². The Morgan fingerprint density at radius 1 is 1.24 bits per heavy atom. The van der Waals surface area contributed by atoms with E-state index >= 15 is 0 Å². The molecule has 2 atom stereocenters. The Hall–Kier alpha value is -0.570. The van der Waals surface area contributed by atoms with Gasteiger partial charge in [-0.2, -0.15) is 0 Å². The van der Waals surface area contributed by atoms with Crippen molar-refractivity contribution in [3.05, 3.63) is 0 Å². The van der Waals surface area contributed by atoms with Gasteiger partial charge in [0, 0.05) is 5.54 Å². The molecule has 0 spiro atoms. The summed E-state index contributed by atoms with van der Waals surface area (Å²) >= 11 is 0. The average molecular weight is 239 g/mol. The summed E-state index contributed by atoms with van der Waals surface area (Å²) in [6.07, 6.45) is 6.22. The van der Waals surface area contributed by atoms with Gasteiger partial charge in [-0.25, -0.2) is 0 Å². The summed E-state index contributed by atoms with van der Waals surface area (Å²) in [5.41, 5.74) is -0.0422. The van der Waals surface area contributed by atoms with Crippen LogP contribution in [0.25, 0.3) is 0 Å². The summed E-state index contributed by atoms with van der Waals surface area (Å²) in [4.78, 5) is 13.7. The van der Waals surface area contributed by atoms with Crippen molar-refractivity contribution in [1.29, 1.82) is 0 Å². The molecule has 1 saturated heterocycles. The van der Waals surface area contributed by atoms with Gasteiger partial charge in [-0.1, -0.05) is 13.8 Å². The molecule has 17 heavy (non-hydrogen) atoms. The van der Waals surface area contributed by atoms with Crippen LogP contribution in [0.4, 0.5) is 0 Å². The molecule has 1 N–H and O–H groups in total. The average Bonchev–Trinajstić information content (AvgIpc) is 2.66. The Morgan fingerprint density at radius 2 is 1.76 bits per heavy atom. The van der Waals surface area contributed by atoms with E-state index in [1.807, 2.05) is 0 Å². The lowest BCUT2D eigenvalue weighted by Crippen LogP contribution is -2.53. The molecule has 1 aliphatic heterocycles. The molecule has 0 bridgehead atoms. The van der Waals surface area contributed by atoms with Crippen LogP contribution in [-0.2, 0) is 4.79 Å². The molecule has 1 heterocycles. The lowest BCUT2D eigenvalue weighted by Gasteiger charge is -2.48. The molecule has 1 saturated carbocycles. The van der Waals surface area contributed by atoms with Crippen molar-refractivity contribution in [2.45, 2.75) is 57.9 Å². The molecule has 0 amide bonds. The largest absolute Gasteiger partial charge is 0.481 e. The van der Waals surface area contributed by atoms with E-state index in [9.17, 15) is 9.90 Å². The molecular formula is C14H25NO2. The van der Waals surface area contributed by atoms with Gasteiger partial charge in [0.05, 0.1) is 6.42 Å². The molecule has 3 nitrogen and oxygen atoms in total. The fraction of sp³-hybridized carbons (Fsp3) is 0.929. The Labute approximate surface area is 104 Å². The molecule has 1 aliphatic carbocycles. The third kappa shape index (κ3) is 2.82. The molecule has 3 heteroatoms. The van der Waals surface area contributed by atoms with Crippen molar-refractivity contribution in [3.8, 4) is 0 Å². The van der Waals surface area contributed by atoms with Crippen LogP contribution in [0.15, 0.2) is 0 Å². The standard InChI is InChI=1S/C14H25NO2/c1-11-7-12(2)9-14(8-11,10-13(16)17)15-5-3-4-6-15/h11-12H,3-10H2,1-2H3,(H,16,17). The number of likely N-dealkylation sites (tertiary alicyclic amines) is 1. The van der Waals surface area contributed by atoms with Crippen molar-refractivity contribution in [2.24, 2.45) is 11.8 Å². The van der Waals surface area contributed by atoms with Gasteiger partial charge in [0.15, 0.2) is 0 Å². The molecule has 2 aliphatic rings. The number of carboxylic acid groups (broad SMARTS) is 1. The van der Waals surface area contributed by atoms with Gasteiger partial charge in [0.1, 0.15) is 0 Å². The Kier molecular flexibility index (Phi) is 3.76. The third-order valence-electron chi connectivity index (χ3n) is 4.52. The topological polar surface area (TPSA) is 40.5 Å². The lowest BCUT2D eigenvalue weighted by molar-refractivity contribution is -0.141. The van der Waals surface area contributed by atoms with Gasteiger partial charge < -0.3 is 5.11 Å². The van der Waals surface area contributed by atoms with Crippen LogP contribution in [0, 0.1) is 11.8 Å². The fourth-order valence-electron chi connectivity index (χ4n) is 4.22. The monoisotopic (exact) mass is 239 g/mol. The minimum Gasteiger partial charge on any atom is -0.481 e. The molecule has 2 unspecified atom stereocenters. The number of nitrogens with zero attached hydrogens (tertiary/aromatic N) is 1. The Bertz CT molecular complexity index is 274. The number of carbonyl (C=O) groups is 1. The smallest absolute Gasteiger partial charge is 0.305 e. The molecular weight excluding hydrogens is 214 g/mol. The first-order valence-corrected chi connectivity index (χ1v) is 6.99. The van der Waals surface area contributed by atoms with Gasteiger partial charge in [-0.3, -0.25) is 9.69 Å². The predicted molar refractivity (Wildman–Crippen MR) is 68.0 cm³/mol. The zero-order valence-electron chi connectivity index (χ0n) is 11.1. The Balaban J connectivity index is 2.18. The van der Waals surface area contributed by atoms with E-state index < -0.39 is 5.97 Å². The SMILES string of the molecule is CC1CC(C)CC(CC(=O)O)(N2CCCC2)C1. The normalized spacial score (nSPS) is 39.4. The Morgan fingerprint density at radius 3 is 2.24 bits per heavy atom. The molecule has 0 radical (unpaired) electrons. The summed E-state index contributed by atoms with van der Waals surface area (Å²) < 4.78 is 0. The molecule has 2 fully saturated rings. The molecule has 0 aromatic heterocycles. The minimum absolute atomic E-state index is 0.0422. The molecule has 2 rings (SSSR count). The highest BCUT2D eigenvalue weighted by Crippen LogP contribution is 2.43. The van der Waals surface area contributed by atoms with E-state index in [1.54, 1.807) is 0 Å². The van der Waals surface area contributed by atoms with Crippen molar-refractivity contribution < 1.29 is 9.90 Å². The molecule has 0 aromatic rings. The number of hydrogen-bond acceptors (Lipinski definition) is 2. The van der Waals surface area contributed by atoms with Gasteiger partial charge in [0.2, 0.25) is 0 Å². The lowest BCUT2D eigenvalue weighted by atomic mass is 9.69. The van der Waals surface area contributed by atoms with Crippen LogP contribution in [0.2, 0.25) is 0 Å². The third-order valence-corrected chi connectivity index (χ3v) is 4.52. The van der Waals surface area contributed by atoms with Crippen LogP contribution in [0.3, 0.4) is 0 Å². The highest BCUT2D eigenvalue weighted by Gasteiger charge is 2.44. The van der Waals surface area contributed by atoms with Crippen LogP contribution >= 0.6 is 0 Å². The second-order valence-electron chi connectivity index (χ2n) is 6.34. The van der Waals surface area contributed by atoms with Gasteiger partial charge in [-0.05, 0) is 57.0 Å². The summed E-state index contributed by atoms with van der Waals surface area (Å²) in [6, 6.07) is 0. The first-order chi connectivity index (χ1) is 8.02. The van der Waals surface area contributed by atoms with Gasteiger partial charge in [0.25, 0.3) is 0 Å². The number of hydrogen-bond donors (Lipinski definition) is 1. The van der Waals surface area contributed by atoms with E-state index in [-0.39, 0.29) is 5.54 Å². The number of aliphatic carboxylic acids is 1. The zero-order valence-corrected chi connectivity index (χ0v) is 11.1. The van der Waals surface area contributed by atoms with Crippen LogP contribution in [0.1, 0.15) is 52.4 Å². The van der Waals surface area contributed by atoms with Crippen LogP contribution in [0.5, 0.6) is 0 Å². The number of rotatable bonds is 3.